The van der Waals surface area contributed by atoms with E-state index in [9.17, 15) is 19.7 Å². The fraction of sp³-hybridized carbons (Fsp3) is 0.889. The first-order valence-corrected chi connectivity index (χ1v) is 6.14. The number of alkyl halides is 1. The SMILES string of the molecule is CNC1=N[C@@H]2[C@@H](O)[C@H](O)[C@@H]([C@H](O)CF)O[C@@H]2S1. The lowest BCUT2D eigenvalue weighted by molar-refractivity contribution is -0.186. The van der Waals surface area contributed by atoms with Crippen molar-refractivity contribution in [3.05, 3.63) is 0 Å². The van der Waals surface area contributed by atoms with Crippen molar-refractivity contribution in [1.82, 2.24) is 5.32 Å². The van der Waals surface area contributed by atoms with Crippen molar-refractivity contribution >= 4 is 16.9 Å². The zero-order valence-corrected chi connectivity index (χ0v) is 9.97. The van der Waals surface area contributed by atoms with Gasteiger partial charge >= 0.3 is 0 Å². The average Bonchev–Trinajstić information content (AvgIpc) is 2.76. The number of nitrogens with one attached hydrogen (secondary N) is 1. The number of aliphatic hydroxyl groups is 3. The molecule has 0 amide bonds. The van der Waals surface area contributed by atoms with Gasteiger partial charge in [-0.1, -0.05) is 11.8 Å². The molecule has 6 nitrogen and oxygen atoms in total. The smallest absolute Gasteiger partial charge is 0.159 e. The fourth-order valence-corrected chi connectivity index (χ4v) is 2.98. The quantitative estimate of drug-likeness (QED) is 0.484. The van der Waals surface area contributed by atoms with Gasteiger partial charge in [-0.05, 0) is 0 Å². The van der Waals surface area contributed by atoms with E-state index in [2.05, 4.69) is 10.3 Å². The minimum absolute atomic E-state index is 0.512. The Morgan fingerprint density at radius 3 is 2.82 bits per heavy atom. The number of hydrogen-bond donors (Lipinski definition) is 4. The second kappa shape index (κ2) is 5.07. The van der Waals surface area contributed by atoms with Crippen molar-refractivity contribution < 1.29 is 24.4 Å². The number of aliphatic hydroxyl groups excluding tert-OH is 3. The first-order chi connectivity index (χ1) is 8.08. The third-order valence-corrected chi connectivity index (χ3v) is 4.01. The minimum Gasteiger partial charge on any atom is -0.388 e. The van der Waals surface area contributed by atoms with Gasteiger partial charge in [0, 0.05) is 7.05 Å². The Labute approximate surface area is 102 Å². The number of halogens is 1. The Morgan fingerprint density at radius 1 is 1.53 bits per heavy atom. The van der Waals surface area contributed by atoms with Crippen LogP contribution in [0.15, 0.2) is 4.99 Å². The van der Waals surface area contributed by atoms with Crippen LogP contribution in [0.1, 0.15) is 0 Å². The van der Waals surface area contributed by atoms with Crippen LogP contribution in [0.2, 0.25) is 0 Å². The number of thioether (sulfide) groups is 1. The first-order valence-electron chi connectivity index (χ1n) is 5.26. The molecule has 8 heteroatoms. The van der Waals surface area contributed by atoms with Crippen molar-refractivity contribution in [2.75, 3.05) is 13.7 Å². The number of fused-ring (bicyclic) bond motifs is 1. The second-order valence-corrected chi connectivity index (χ2v) is 5.05. The molecule has 0 unspecified atom stereocenters. The van der Waals surface area contributed by atoms with E-state index >= 15 is 0 Å². The molecule has 17 heavy (non-hydrogen) atoms. The molecule has 1 fully saturated rings. The van der Waals surface area contributed by atoms with E-state index in [1.807, 2.05) is 0 Å². The van der Waals surface area contributed by atoms with E-state index in [1.54, 1.807) is 7.05 Å². The highest BCUT2D eigenvalue weighted by Crippen LogP contribution is 2.36. The van der Waals surface area contributed by atoms with Crippen molar-refractivity contribution in [3.8, 4) is 0 Å². The Bertz CT molecular complexity index is 319. The van der Waals surface area contributed by atoms with E-state index in [-0.39, 0.29) is 0 Å². The number of nitrogens with zero attached hydrogens (tertiary/aromatic N) is 1. The molecule has 2 aliphatic heterocycles. The van der Waals surface area contributed by atoms with Crippen molar-refractivity contribution in [2.24, 2.45) is 4.99 Å². The molecule has 0 aliphatic carbocycles. The summed E-state index contributed by atoms with van der Waals surface area (Å²) >= 11 is 1.24. The van der Waals surface area contributed by atoms with Gasteiger partial charge in [0.05, 0.1) is 0 Å². The molecule has 1 saturated heterocycles. The molecule has 98 valence electrons. The predicted octanol–water partition coefficient (Wildman–Crippen LogP) is -1.55. The van der Waals surface area contributed by atoms with Crippen LogP contribution in [0.25, 0.3) is 0 Å². The van der Waals surface area contributed by atoms with Gasteiger partial charge in [-0.3, -0.25) is 4.99 Å². The third-order valence-electron chi connectivity index (χ3n) is 2.85. The lowest BCUT2D eigenvalue weighted by atomic mass is 9.95. The highest BCUT2D eigenvalue weighted by atomic mass is 32.2. The molecule has 6 atom stereocenters. The highest BCUT2D eigenvalue weighted by molar-refractivity contribution is 8.14. The lowest BCUT2D eigenvalue weighted by Gasteiger charge is -2.39. The average molecular weight is 266 g/mol. The topological polar surface area (TPSA) is 94.3 Å². The minimum atomic E-state index is -1.44. The summed E-state index contributed by atoms with van der Waals surface area (Å²) in [6, 6.07) is -0.597. The van der Waals surface area contributed by atoms with Crippen molar-refractivity contribution in [3.63, 3.8) is 0 Å². The molecular weight excluding hydrogens is 251 g/mol. The van der Waals surface area contributed by atoms with E-state index in [4.69, 9.17) is 4.74 Å². The van der Waals surface area contributed by atoms with Gasteiger partial charge in [0.2, 0.25) is 0 Å². The van der Waals surface area contributed by atoms with E-state index in [1.165, 1.54) is 11.8 Å². The van der Waals surface area contributed by atoms with E-state index < -0.39 is 42.6 Å². The monoisotopic (exact) mass is 266 g/mol. The van der Waals surface area contributed by atoms with Crippen LogP contribution in [-0.2, 0) is 4.74 Å². The van der Waals surface area contributed by atoms with Gasteiger partial charge in [0.25, 0.3) is 0 Å². The van der Waals surface area contributed by atoms with Crippen LogP contribution < -0.4 is 5.32 Å². The Kier molecular flexibility index (Phi) is 3.88. The maximum Gasteiger partial charge on any atom is 0.159 e. The molecule has 0 radical (unpaired) electrons. The van der Waals surface area contributed by atoms with Crippen LogP contribution in [0.4, 0.5) is 4.39 Å². The summed E-state index contributed by atoms with van der Waals surface area (Å²) in [7, 11) is 1.68. The van der Waals surface area contributed by atoms with Crippen LogP contribution in [0, 0.1) is 0 Å². The Hall–Kier alpha value is -0.410. The standard InChI is InChI=1S/C9H15FN2O4S/c1-11-9-12-4-5(14)6(15)7(3(13)2-10)16-8(4)17-9/h3-8,13-15H,2H2,1H3,(H,11,12)/t3-,4-,5-,6+,7-,8-/m1/s1. The maximum absolute atomic E-state index is 12.4. The molecule has 0 aromatic carbocycles. The normalized spacial score (nSPS) is 42.9. The van der Waals surface area contributed by atoms with Gasteiger partial charge in [-0.25, -0.2) is 4.39 Å². The summed E-state index contributed by atoms with van der Waals surface area (Å²) in [6.07, 6.45) is -5.09. The molecule has 0 aromatic heterocycles. The Morgan fingerprint density at radius 2 is 2.24 bits per heavy atom. The predicted molar refractivity (Wildman–Crippen MR) is 60.5 cm³/mol. The summed E-state index contributed by atoms with van der Waals surface area (Å²) < 4.78 is 17.8. The molecular formula is C9H15FN2O4S. The molecule has 0 saturated carbocycles. The van der Waals surface area contributed by atoms with Crippen molar-refractivity contribution in [2.45, 2.75) is 35.9 Å². The first kappa shape index (κ1) is 13.0. The number of ether oxygens (including phenoxy) is 1. The largest absolute Gasteiger partial charge is 0.388 e. The highest BCUT2D eigenvalue weighted by Gasteiger charge is 2.50. The maximum atomic E-state index is 12.4. The molecule has 2 aliphatic rings. The van der Waals surface area contributed by atoms with Gasteiger partial charge in [0.1, 0.15) is 42.6 Å². The summed E-state index contributed by atoms with van der Waals surface area (Å²) in [4.78, 5) is 4.14. The third kappa shape index (κ3) is 2.27. The van der Waals surface area contributed by atoms with Gasteiger partial charge in [-0.15, -0.1) is 0 Å². The van der Waals surface area contributed by atoms with Crippen LogP contribution in [0.3, 0.4) is 0 Å². The fourth-order valence-electron chi connectivity index (χ4n) is 1.91. The number of hydrogen-bond acceptors (Lipinski definition) is 7. The molecule has 0 bridgehead atoms. The van der Waals surface area contributed by atoms with Crippen LogP contribution in [-0.4, -0.2) is 70.1 Å². The summed E-state index contributed by atoms with van der Waals surface area (Å²) in [5, 5.41) is 32.4. The summed E-state index contributed by atoms with van der Waals surface area (Å²) in [5.74, 6) is 0. The zero-order chi connectivity index (χ0) is 12.6. The van der Waals surface area contributed by atoms with Crippen molar-refractivity contribution in [1.29, 1.82) is 0 Å². The van der Waals surface area contributed by atoms with Crippen LogP contribution in [0.5, 0.6) is 0 Å². The van der Waals surface area contributed by atoms with Gasteiger partial charge in [0.15, 0.2) is 5.17 Å². The molecule has 4 N–H and O–H groups in total. The lowest BCUT2D eigenvalue weighted by Crippen LogP contribution is -2.58. The van der Waals surface area contributed by atoms with Gasteiger partial charge < -0.3 is 25.4 Å². The molecule has 2 heterocycles. The zero-order valence-electron chi connectivity index (χ0n) is 9.15. The molecule has 0 aromatic rings. The Balaban J connectivity index is 2.12. The van der Waals surface area contributed by atoms with Gasteiger partial charge in [-0.2, -0.15) is 0 Å². The van der Waals surface area contributed by atoms with Crippen LogP contribution >= 0.6 is 11.8 Å². The number of amidine groups is 1. The second-order valence-electron chi connectivity index (χ2n) is 3.96. The van der Waals surface area contributed by atoms with E-state index in [0.717, 1.165) is 0 Å². The number of rotatable bonds is 2. The number of aliphatic imine (C=N–C) groups is 1. The summed E-state index contributed by atoms with van der Waals surface area (Å²) in [6.45, 7) is -1.03. The molecule has 0 spiro atoms. The van der Waals surface area contributed by atoms with E-state index in [0.29, 0.717) is 5.17 Å². The summed E-state index contributed by atoms with van der Waals surface area (Å²) in [5.41, 5.74) is -0.512. The molecule has 2 rings (SSSR count).